The van der Waals surface area contributed by atoms with Gasteiger partial charge in [0.15, 0.2) is 11.6 Å². The van der Waals surface area contributed by atoms with Gasteiger partial charge in [-0.05, 0) is 86.7 Å². The van der Waals surface area contributed by atoms with Gasteiger partial charge in [-0.1, -0.05) is 19.1 Å². The number of halogens is 1. The topological polar surface area (TPSA) is 89.0 Å². The minimum atomic E-state index is -0.920. The lowest BCUT2D eigenvalue weighted by molar-refractivity contribution is -0.141. The van der Waals surface area contributed by atoms with Gasteiger partial charge in [-0.25, -0.2) is 14.2 Å². The van der Waals surface area contributed by atoms with E-state index in [0.29, 0.717) is 23.6 Å². The number of hydrogen-bond acceptors (Lipinski definition) is 6. The Morgan fingerprint density at radius 2 is 1.74 bits per heavy atom. The first kappa shape index (κ1) is 28.8. The summed E-state index contributed by atoms with van der Waals surface area (Å²) < 4.78 is 26.2. The van der Waals surface area contributed by atoms with Crippen LogP contribution in [0.1, 0.15) is 56.1 Å². The molecular weight excluding hydrogens is 487 g/mol. The second-order valence-corrected chi connectivity index (χ2v) is 9.92. The zero-order chi connectivity index (χ0) is 28.0. The molecule has 0 saturated carbocycles. The first-order chi connectivity index (χ1) is 18.0. The zero-order valence-corrected chi connectivity index (χ0v) is 22.7. The molecule has 0 spiro atoms. The summed E-state index contributed by atoms with van der Waals surface area (Å²) in [5.41, 5.74) is 3.07. The highest BCUT2D eigenvalue weighted by molar-refractivity contribution is 5.91. The van der Waals surface area contributed by atoms with Gasteiger partial charge < -0.3 is 14.6 Å². The summed E-state index contributed by atoms with van der Waals surface area (Å²) in [6.45, 7) is 10.5. The molecule has 202 valence electrons. The number of carbonyl (C=O) groups excluding carboxylic acids is 1. The van der Waals surface area contributed by atoms with Crippen LogP contribution in [0.2, 0.25) is 0 Å². The van der Waals surface area contributed by atoms with E-state index in [9.17, 15) is 14.7 Å². The van der Waals surface area contributed by atoms with Gasteiger partial charge in [0.05, 0.1) is 18.6 Å². The van der Waals surface area contributed by atoms with Crippen molar-refractivity contribution in [3.63, 3.8) is 0 Å². The highest BCUT2D eigenvalue weighted by Gasteiger charge is 2.21. The third-order valence-electron chi connectivity index (χ3n) is 6.42. The number of carboxylic acids is 1. The van der Waals surface area contributed by atoms with Gasteiger partial charge in [0.2, 0.25) is 5.88 Å². The Bertz CT molecular complexity index is 1280. The van der Waals surface area contributed by atoms with Crippen molar-refractivity contribution >= 4 is 11.9 Å². The van der Waals surface area contributed by atoms with Crippen LogP contribution in [0, 0.1) is 11.7 Å². The van der Waals surface area contributed by atoms with E-state index < -0.39 is 23.7 Å². The quantitative estimate of drug-likeness (QED) is 0.244. The molecule has 1 aromatic heterocycles. The van der Waals surface area contributed by atoms with E-state index in [1.165, 1.54) is 13.2 Å². The van der Waals surface area contributed by atoms with Gasteiger partial charge in [-0.15, -0.1) is 0 Å². The number of aromatic nitrogens is 1. The number of methoxy groups -OCH3 is 1. The molecule has 38 heavy (non-hydrogen) atoms. The SMILES string of the molecule is COc1cc(-c2cc(F)c(OC(=O)c3cccc(CC(C)C(=O)O)c3)cc2CN(C(C)C)C(C)C)ccn1. The van der Waals surface area contributed by atoms with Crippen LogP contribution in [0.25, 0.3) is 11.1 Å². The Morgan fingerprint density at radius 3 is 2.37 bits per heavy atom. The van der Waals surface area contributed by atoms with Crippen molar-refractivity contribution < 1.29 is 28.6 Å². The van der Waals surface area contributed by atoms with Crippen LogP contribution in [0.3, 0.4) is 0 Å². The first-order valence-electron chi connectivity index (χ1n) is 12.6. The number of ether oxygens (including phenoxy) is 2. The van der Waals surface area contributed by atoms with Crippen molar-refractivity contribution in [3.8, 4) is 22.8 Å². The van der Waals surface area contributed by atoms with Gasteiger partial charge in [-0.3, -0.25) is 9.69 Å². The summed E-state index contributed by atoms with van der Waals surface area (Å²) in [6, 6.07) is 13.5. The number of pyridine rings is 1. The van der Waals surface area contributed by atoms with E-state index in [0.717, 1.165) is 11.1 Å². The Kier molecular flexibility index (Phi) is 9.58. The fraction of sp³-hybridized carbons (Fsp3) is 0.367. The standard InChI is InChI=1S/C30H35FN2O5/c1-18(2)33(19(3)4)17-24-14-27(26(31)16-25(24)22-10-11-32-28(15-22)37-6)38-30(36)23-9-7-8-21(13-23)12-20(5)29(34)35/h7-11,13-16,18-20H,12,17H2,1-6H3,(H,34,35). The third-order valence-corrected chi connectivity index (χ3v) is 6.42. The van der Waals surface area contributed by atoms with Gasteiger partial charge >= 0.3 is 11.9 Å². The minimum Gasteiger partial charge on any atom is -0.481 e. The Labute approximate surface area is 223 Å². The lowest BCUT2D eigenvalue weighted by Gasteiger charge is -2.31. The highest BCUT2D eigenvalue weighted by Crippen LogP contribution is 2.33. The maximum atomic E-state index is 15.4. The number of esters is 1. The van der Waals surface area contributed by atoms with Crippen LogP contribution in [-0.2, 0) is 17.8 Å². The van der Waals surface area contributed by atoms with E-state index in [2.05, 4.69) is 37.6 Å². The molecule has 1 atom stereocenters. The van der Waals surface area contributed by atoms with Gasteiger partial charge in [0, 0.05) is 30.9 Å². The molecule has 1 heterocycles. The van der Waals surface area contributed by atoms with Crippen molar-refractivity contribution in [1.29, 1.82) is 0 Å². The predicted molar refractivity (Wildman–Crippen MR) is 144 cm³/mol. The normalized spacial score (nSPS) is 12.2. The molecule has 0 bridgehead atoms. The fourth-order valence-electron chi connectivity index (χ4n) is 4.34. The summed E-state index contributed by atoms with van der Waals surface area (Å²) in [5, 5.41) is 9.19. The van der Waals surface area contributed by atoms with E-state index in [-0.39, 0.29) is 29.8 Å². The van der Waals surface area contributed by atoms with Crippen LogP contribution < -0.4 is 9.47 Å². The summed E-state index contributed by atoms with van der Waals surface area (Å²) in [6.07, 6.45) is 1.87. The molecule has 0 fully saturated rings. The molecule has 1 unspecified atom stereocenters. The second kappa shape index (κ2) is 12.6. The Balaban J connectivity index is 1.99. The smallest absolute Gasteiger partial charge is 0.343 e. The molecule has 1 N–H and O–H groups in total. The molecule has 3 rings (SSSR count). The molecule has 3 aromatic rings. The number of hydrogen-bond donors (Lipinski definition) is 1. The minimum absolute atomic E-state index is 0.174. The molecule has 0 radical (unpaired) electrons. The van der Waals surface area contributed by atoms with Gasteiger partial charge in [0.1, 0.15) is 0 Å². The monoisotopic (exact) mass is 522 g/mol. The maximum Gasteiger partial charge on any atom is 0.343 e. The van der Waals surface area contributed by atoms with Crippen LogP contribution in [-0.4, -0.2) is 46.1 Å². The average molecular weight is 523 g/mol. The van der Waals surface area contributed by atoms with Crippen LogP contribution in [0.4, 0.5) is 4.39 Å². The molecule has 0 aliphatic rings. The van der Waals surface area contributed by atoms with Crippen LogP contribution >= 0.6 is 0 Å². The van der Waals surface area contributed by atoms with Crippen LogP contribution in [0.5, 0.6) is 11.6 Å². The zero-order valence-electron chi connectivity index (χ0n) is 22.7. The van der Waals surface area contributed by atoms with Gasteiger partial charge in [0.25, 0.3) is 0 Å². The predicted octanol–water partition coefficient (Wildman–Crippen LogP) is 6.00. The van der Waals surface area contributed by atoms with Crippen molar-refractivity contribution in [2.75, 3.05) is 7.11 Å². The highest BCUT2D eigenvalue weighted by atomic mass is 19.1. The molecule has 7 nitrogen and oxygen atoms in total. The number of carbonyl (C=O) groups is 2. The van der Waals surface area contributed by atoms with Crippen molar-refractivity contribution in [2.24, 2.45) is 5.92 Å². The molecule has 0 amide bonds. The van der Waals surface area contributed by atoms with E-state index in [1.807, 2.05) is 0 Å². The van der Waals surface area contributed by atoms with Gasteiger partial charge in [-0.2, -0.15) is 0 Å². The lowest BCUT2D eigenvalue weighted by atomic mass is 9.98. The first-order valence-corrected chi connectivity index (χ1v) is 12.6. The van der Waals surface area contributed by atoms with E-state index in [1.54, 1.807) is 55.6 Å². The number of nitrogens with zero attached hydrogens (tertiary/aromatic N) is 2. The largest absolute Gasteiger partial charge is 0.481 e. The lowest BCUT2D eigenvalue weighted by Crippen LogP contribution is -2.36. The average Bonchev–Trinajstić information content (AvgIpc) is 2.88. The number of rotatable bonds is 11. The maximum absolute atomic E-state index is 15.4. The third kappa shape index (κ3) is 7.16. The fourth-order valence-corrected chi connectivity index (χ4v) is 4.34. The number of carboxylic acid groups (broad SMARTS) is 1. The molecule has 0 aliphatic heterocycles. The molecule has 2 aromatic carbocycles. The van der Waals surface area contributed by atoms with E-state index in [4.69, 9.17) is 9.47 Å². The van der Waals surface area contributed by atoms with Crippen molar-refractivity contribution in [2.45, 2.75) is 59.7 Å². The summed E-state index contributed by atoms with van der Waals surface area (Å²) in [7, 11) is 1.52. The van der Waals surface area contributed by atoms with Crippen molar-refractivity contribution in [1.82, 2.24) is 9.88 Å². The van der Waals surface area contributed by atoms with Crippen LogP contribution in [0.15, 0.2) is 54.7 Å². The summed E-state index contributed by atoms with van der Waals surface area (Å²) >= 11 is 0. The number of benzene rings is 2. The molecule has 8 heteroatoms. The second-order valence-electron chi connectivity index (χ2n) is 9.92. The molecule has 0 aliphatic carbocycles. The summed E-state index contributed by atoms with van der Waals surface area (Å²) in [5.74, 6) is -2.69. The molecular formula is C30H35FN2O5. The van der Waals surface area contributed by atoms with E-state index >= 15 is 4.39 Å². The Hall–Kier alpha value is -3.78. The summed E-state index contributed by atoms with van der Waals surface area (Å²) in [4.78, 5) is 30.6. The molecule has 0 saturated heterocycles. The van der Waals surface area contributed by atoms with Crippen molar-refractivity contribution in [3.05, 3.63) is 77.2 Å². The number of aliphatic carboxylic acids is 1. The Morgan fingerprint density at radius 1 is 1.03 bits per heavy atom.